The summed E-state index contributed by atoms with van der Waals surface area (Å²) in [6, 6.07) is 11.7. The van der Waals surface area contributed by atoms with Crippen molar-refractivity contribution < 1.29 is 23.2 Å². The van der Waals surface area contributed by atoms with Crippen LogP contribution in [0.1, 0.15) is 49.9 Å². The summed E-state index contributed by atoms with van der Waals surface area (Å²) in [6.45, 7) is 2.94. The minimum absolute atomic E-state index is 0.0318. The van der Waals surface area contributed by atoms with Crippen LogP contribution in [0.15, 0.2) is 63.8 Å². The lowest BCUT2D eigenvalue weighted by molar-refractivity contribution is 0.0667. The second kappa shape index (κ2) is 8.91. The maximum absolute atomic E-state index is 12.8. The van der Waals surface area contributed by atoms with E-state index in [1.165, 1.54) is 12.5 Å². The zero-order valence-electron chi connectivity index (χ0n) is 17.1. The Hall–Kier alpha value is -3.81. The van der Waals surface area contributed by atoms with Crippen LogP contribution in [0.2, 0.25) is 0 Å². The van der Waals surface area contributed by atoms with E-state index in [-0.39, 0.29) is 29.5 Å². The molecular formula is C23H23N3O5. The Morgan fingerprint density at radius 3 is 2.26 bits per heavy atom. The van der Waals surface area contributed by atoms with Gasteiger partial charge in [0.25, 0.3) is 17.7 Å². The molecule has 31 heavy (non-hydrogen) atoms. The molecule has 2 N–H and O–H groups in total. The standard InChI is InChI=1S/C23H23N3O5/c1-15-6-7-16(14-18(15)25-22(28)19-4-2-12-30-19)21(27)24-17-8-10-26(11-9-17)23(29)20-5-3-13-31-20/h2-7,12-14,17H,8-11H2,1H3,(H,24,27)(H,25,28). The number of hydrogen-bond acceptors (Lipinski definition) is 5. The molecule has 1 aliphatic heterocycles. The SMILES string of the molecule is Cc1ccc(C(=O)NC2CCN(C(=O)c3ccco3)CC2)cc1NC(=O)c1ccco1. The van der Waals surface area contributed by atoms with Crippen LogP contribution in [-0.2, 0) is 0 Å². The first-order valence-corrected chi connectivity index (χ1v) is 10.1. The molecule has 2 aromatic heterocycles. The number of furan rings is 2. The van der Waals surface area contributed by atoms with E-state index >= 15 is 0 Å². The highest BCUT2D eigenvalue weighted by molar-refractivity contribution is 6.04. The van der Waals surface area contributed by atoms with E-state index in [0.29, 0.717) is 42.9 Å². The van der Waals surface area contributed by atoms with Gasteiger partial charge in [-0.25, -0.2) is 0 Å². The van der Waals surface area contributed by atoms with Crippen molar-refractivity contribution >= 4 is 23.4 Å². The summed E-state index contributed by atoms with van der Waals surface area (Å²) in [6.07, 6.45) is 4.23. The first kappa shape index (κ1) is 20.5. The van der Waals surface area contributed by atoms with Crippen molar-refractivity contribution in [1.29, 1.82) is 0 Å². The lowest BCUT2D eigenvalue weighted by Crippen LogP contribution is -2.46. The molecule has 0 saturated carbocycles. The maximum atomic E-state index is 12.8. The molecule has 0 radical (unpaired) electrons. The first-order valence-electron chi connectivity index (χ1n) is 10.1. The molecule has 3 amide bonds. The number of benzene rings is 1. The number of nitrogens with zero attached hydrogens (tertiary/aromatic N) is 1. The maximum Gasteiger partial charge on any atom is 0.291 e. The normalized spacial score (nSPS) is 14.3. The molecule has 3 aromatic rings. The summed E-state index contributed by atoms with van der Waals surface area (Å²) < 4.78 is 10.3. The second-order valence-electron chi connectivity index (χ2n) is 7.48. The smallest absolute Gasteiger partial charge is 0.291 e. The topological polar surface area (TPSA) is 105 Å². The zero-order valence-corrected chi connectivity index (χ0v) is 17.1. The van der Waals surface area contributed by atoms with Crippen LogP contribution in [0.25, 0.3) is 0 Å². The fourth-order valence-electron chi connectivity index (χ4n) is 3.54. The Kier molecular flexibility index (Phi) is 5.88. The van der Waals surface area contributed by atoms with Gasteiger partial charge >= 0.3 is 0 Å². The third-order valence-electron chi connectivity index (χ3n) is 5.34. The highest BCUT2D eigenvalue weighted by Gasteiger charge is 2.26. The molecule has 8 heteroatoms. The number of nitrogens with one attached hydrogen (secondary N) is 2. The lowest BCUT2D eigenvalue weighted by Gasteiger charge is -2.32. The number of hydrogen-bond donors (Lipinski definition) is 2. The fraction of sp³-hybridized carbons (Fsp3) is 0.261. The molecule has 0 bridgehead atoms. The summed E-state index contributed by atoms with van der Waals surface area (Å²) >= 11 is 0. The number of amides is 3. The molecule has 160 valence electrons. The number of anilines is 1. The molecule has 0 aliphatic carbocycles. The highest BCUT2D eigenvalue weighted by atomic mass is 16.3. The van der Waals surface area contributed by atoms with Gasteiger partial charge in [0.2, 0.25) is 0 Å². The Labute approximate surface area is 179 Å². The molecule has 4 rings (SSSR count). The average Bonchev–Trinajstić information content (AvgIpc) is 3.50. The molecule has 3 heterocycles. The van der Waals surface area contributed by atoms with Gasteiger partial charge in [0.1, 0.15) is 0 Å². The number of carbonyl (C=O) groups excluding carboxylic acids is 3. The molecule has 1 fully saturated rings. The average molecular weight is 421 g/mol. The first-order chi connectivity index (χ1) is 15.0. The van der Waals surface area contributed by atoms with Gasteiger partial charge in [-0.3, -0.25) is 14.4 Å². The number of likely N-dealkylation sites (tertiary alicyclic amines) is 1. The quantitative estimate of drug-likeness (QED) is 0.656. The van der Waals surface area contributed by atoms with E-state index in [1.54, 1.807) is 47.4 Å². The van der Waals surface area contributed by atoms with Gasteiger partial charge in [-0.1, -0.05) is 6.07 Å². The molecule has 1 saturated heterocycles. The van der Waals surface area contributed by atoms with Crippen molar-refractivity contribution in [2.45, 2.75) is 25.8 Å². The fourth-order valence-corrected chi connectivity index (χ4v) is 3.54. The van der Waals surface area contributed by atoms with Gasteiger partial charge < -0.3 is 24.4 Å². The van der Waals surface area contributed by atoms with Crippen molar-refractivity contribution in [3.63, 3.8) is 0 Å². The van der Waals surface area contributed by atoms with Crippen molar-refractivity contribution in [3.05, 3.63) is 77.6 Å². The number of piperidine rings is 1. The number of rotatable bonds is 5. The molecule has 0 unspecified atom stereocenters. The molecule has 1 aliphatic rings. The monoisotopic (exact) mass is 421 g/mol. The Morgan fingerprint density at radius 1 is 0.935 bits per heavy atom. The summed E-state index contributed by atoms with van der Waals surface area (Å²) in [5.41, 5.74) is 1.84. The highest BCUT2D eigenvalue weighted by Crippen LogP contribution is 2.20. The van der Waals surface area contributed by atoms with Crippen LogP contribution in [0.4, 0.5) is 5.69 Å². The van der Waals surface area contributed by atoms with Crippen molar-refractivity contribution in [1.82, 2.24) is 10.2 Å². The Bertz CT molecular complexity index is 1060. The van der Waals surface area contributed by atoms with E-state index in [2.05, 4.69) is 10.6 Å². The summed E-state index contributed by atoms with van der Waals surface area (Å²) in [5, 5.41) is 5.80. The minimum Gasteiger partial charge on any atom is -0.459 e. The van der Waals surface area contributed by atoms with E-state index in [0.717, 1.165) is 5.56 Å². The van der Waals surface area contributed by atoms with E-state index < -0.39 is 0 Å². The van der Waals surface area contributed by atoms with E-state index in [9.17, 15) is 14.4 Å². The van der Waals surface area contributed by atoms with Gasteiger partial charge in [0, 0.05) is 30.4 Å². The molecule has 1 aromatic carbocycles. The third kappa shape index (κ3) is 4.69. The van der Waals surface area contributed by atoms with Crippen LogP contribution < -0.4 is 10.6 Å². The molecule has 0 spiro atoms. The second-order valence-corrected chi connectivity index (χ2v) is 7.48. The van der Waals surface area contributed by atoms with Gasteiger partial charge in [-0.15, -0.1) is 0 Å². The molecular weight excluding hydrogens is 398 g/mol. The van der Waals surface area contributed by atoms with Crippen molar-refractivity contribution in [2.75, 3.05) is 18.4 Å². The Morgan fingerprint density at radius 2 is 1.61 bits per heavy atom. The predicted octanol–water partition coefficient (Wildman–Crippen LogP) is 3.47. The minimum atomic E-state index is -0.376. The lowest BCUT2D eigenvalue weighted by atomic mass is 10.0. The van der Waals surface area contributed by atoms with Crippen LogP contribution in [0.3, 0.4) is 0 Å². The van der Waals surface area contributed by atoms with Crippen LogP contribution >= 0.6 is 0 Å². The third-order valence-corrected chi connectivity index (χ3v) is 5.34. The number of aryl methyl sites for hydroxylation is 1. The van der Waals surface area contributed by atoms with Crippen LogP contribution in [0, 0.1) is 6.92 Å². The number of carbonyl (C=O) groups is 3. The Balaban J connectivity index is 1.35. The molecule has 0 atom stereocenters. The van der Waals surface area contributed by atoms with Crippen molar-refractivity contribution in [3.8, 4) is 0 Å². The predicted molar refractivity (Wildman–Crippen MR) is 113 cm³/mol. The van der Waals surface area contributed by atoms with Crippen LogP contribution in [0.5, 0.6) is 0 Å². The van der Waals surface area contributed by atoms with E-state index in [4.69, 9.17) is 8.83 Å². The van der Waals surface area contributed by atoms with Crippen molar-refractivity contribution in [2.24, 2.45) is 0 Å². The van der Waals surface area contributed by atoms with Gasteiger partial charge in [0.05, 0.1) is 12.5 Å². The summed E-state index contributed by atoms with van der Waals surface area (Å²) in [5.74, 6) is -0.204. The summed E-state index contributed by atoms with van der Waals surface area (Å²) in [7, 11) is 0. The molecule has 8 nitrogen and oxygen atoms in total. The van der Waals surface area contributed by atoms with Crippen LogP contribution in [-0.4, -0.2) is 41.8 Å². The largest absolute Gasteiger partial charge is 0.459 e. The van der Waals surface area contributed by atoms with E-state index in [1.807, 2.05) is 6.92 Å². The van der Waals surface area contributed by atoms with Gasteiger partial charge in [0.15, 0.2) is 11.5 Å². The summed E-state index contributed by atoms with van der Waals surface area (Å²) in [4.78, 5) is 39.1. The van der Waals surface area contributed by atoms with Gasteiger partial charge in [-0.2, -0.15) is 0 Å². The zero-order chi connectivity index (χ0) is 21.8. The van der Waals surface area contributed by atoms with Gasteiger partial charge in [-0.05, 0) is 61.7 Å².